The van der Waals surface area contributed by atoms with E-state index in [4.69, 9.17) is 27.0 Å². The normalized spacial score (nSPS) is 24.4. The smallest absolute Gasteiger partial charge is 0.419 e. The number of aromatic nitrogens is 1. The van der Waals surface area contributed by atoms with Crippen molar-refractivity contribution < 1.29 is 32.2 Å². The Bertz CT molecular complexity index is 1530. The number of pyridine rings is 1. The standard InChI is InChI=1S/C31H32F3N5O4S/c1-29(2,3)43-28(41)37-19-5-6-20(37)14-23(13-19)42-22-9-7-18(8-10-22)39-27(44)38(26(40)30(39)11-4-12-30)21-15-24(31(32,33)34)25(16-35)36-17-21/h7-10,15,17,19-20,23H,4-6,11-14H2,1-3H3. The van der Waals surface area contributed by atoms with Gasteiger partial charge >= 0.3 is 12.3 Å². The quantitative estimate of drug-likeness (QED) is 0.362. The van der Waals surface area contributed by atoms with E-state index in [0.29, 0.717) is 37.1 Å². The molecular formula is C31H32F3N5O4S. The van der Waals surface area contributed by atoms with Gasteiger partial charge in [0.2, 0.25) is 0 Å². The first-order valence-electron chi connectivity index (χ1n) is 14.7. The number of carbonyl (C=O) groups is 2. The zero-order valence-electron chi connectivity index (χ0n) is 24.6. The third-order valence-corrected chi connectivity index (χ3v) is 9.19. The first-order chi connectivity index (χ1) is 20.7. The summed E-state index contributed by atoms with van der Waals surface area (Å²) in [6.45, 7) is 5.57. The van der Waals surface area contributed by atoms with Crippen LogP contribution in [0.2, 0.25) is 0 Å². The van der Waals surface area contributed by atoms with Crippen LogP contribution in [0.5, 0.6) is 5.75 Å². The summed E-state index contributed by atoms with van der Waals surface area (Å²) >= 11 is 5.69. The Labute approximate surface area is 258 Å². The number of alkyl halides is 3. The molecule has 4 fully saturated rings. The molecule has 9 nitrogen and oxygen atoms in total. The van der Waals surface area contributed by atoms with Gasteiger partial charge in [0.05, 0.1) is 17.4 Å². The topological polar surface area (TPSA) is 99.0 Å². The summed E-state index contributed by atoms with van der Waals surface area (Å²) in [5.74, 6) is 0.215. The first-order valence-corrected chi connectivity index (χ1v) is 15.1. The summed E-state index contributed by atoms with van der Waals surface area (Å²) in [6.07, 6.45) is 0.843. The Morgan fingerprint density at radius 3 is 2.25 bits per heavy atom. The van der Waals surface area contributed by atoms with Gasteiger partial charge in [-0.15, -0.1) is 0 Å². The third kappa shape index (κ3) is 5.12. The lowest BCUT2D eigenvalue weighted by molar-refractivity contribution is -0.138. The van der Waals surface area contributed by atoms with Crippen LogP contribution in [0.3, 0.4) is 0 Å². The molecule has 6 rings (SSSR count). The molecule has 232 valence electrons. The van der Waals surface area contributed by atoms with E-state index in [-0.39, 0.29) is 35.1 Å². The van der Waals surface area contributed by atoms with E-state index in [1.165, 1.54) is 6.07 Å². The highest BCUT2D eigenvalue weighted by Gasteiger charge is 2.60. The van der Waals surface area contributed by atoms with Crippen molar-refractivity contribution in [2.24, 2.45) is 0 Å². The molecule has 13 heteroatoms. The number of nitriles is 1. The minimum atomic E-state index is -4.83. The van der Waals surface area contributed by atoms with Crippen molar-refractivity contribution in [2.75, 3.05) is 9.80 Å². The van der Waals surface area contributed by atoms with E-state index >= 15 is 0 Å². The maximum atomic E-state index is 13.7. The highest BCUT2D eigenvalue weighted by atomic mass is 32.1. The monoisotopic (exact) mass is 627 g/mol. The highest BCUT2D eigenvalue weighted by Crippen LogP contribution is 2.48. The lowest BCUT2D eigenvalue weighted by Crippen LogP contribution is -2.55. The van der Waals surface area contributed by atoms with Gasteiger partial charge < -0.3 is 19.3 Å². The maximum Gasteiger partial charge on any atom is 0.419 e. The molecule has 4 aliphatic rings. The molecule has 0 radical (unpaired) electrons. The van der Waals surface area contributed by atoms with E-state index in [0.717, 1.165) is 36.4 Å². The molecule has 1 saturated carbocycles. The third-order valence-electron chi connectivity index (χ3n) is 8.83. The number of carbonyl (C=O) groups excluding carboxylic acids is 2. The average Bonchev–Trinajstić information content (AvgIpc) is 3.33. The van der Waals surface area contributed by atoms with Gasteiger partial charge in [0.15, 0.2) is 10.8 Å². The molecule has 2 aromatic rings. The summed E-state index contributed by atoms with van der Waals surface area (Å²) < 4.78 is 52.9. The Hall–Kier alpha value is -3.92. The molecule has 1 aliphatic carbocycles. The number of benzene rings is 1. The summed E-state index contributed by atoms with van der Waals surface area (Å²) in [4.78, 5) is 34.9. The molecule has 0 N–H and O–H groups in total. The van der Waals surface area contributed by atoms with E-state index < -0.39 is 34.5 Å². The van der Waals surface area contributed by atoms with Gasteiger partial charge in [-0.05, 0) is 95.4 Å². The molecule has 44 heavy (non-hydrogen) atoms. The van der Waals surface area contributed by atoms with E-state index in [1.54, 1.807) is 29.2 Å². The minimum Gasteiger partial charge on any atom is -0.490 e. The molecule has 1 aromatic carbocycles. The maximum absolute atomic E-state index is 13.7. The Morgan fingerprint density at radius 2 is 1.73 bits per heavy atom. The molecule has 2 atom stereocenters. The van der Waals surface area contributed by atoms with Crippen molar-refractivity contribution in [3.63, 3.8) is 0 Å². The SMILES string of the molecule is CC(C)(C)OC(=O)N1C2CCC1CC(Oc1ccc(N3C(=S)N(c4cnc(C#N)c(C(F)(F)F)c4)C(=O)C34CCC4)cc1)C2. The van der Waals surface area contributed by atoms with Crippen molar-refractivity contribution in [1.29, 1.82) is 5.26 Å². The van der Waals surface area contributed by atoms with Crippen LogP contribution in [0.4, 0.5) is 29.3 Å². The Balaban J connectivity index is 1.19. The van der Waals surface area contributed by atoms with Gasteiger partial charge in [-0.2, -0.15) is 18.4 Å². The lowest BCUT2D eigenvalue weighted by atomic mass is 9.75. The number of hydrogen-bond acceptors (Lipinski definition) is 7. The largest absolute Gasteiger partial charge is 0.490 e. The number of thiocarbonyl (C=S) groups is 1. The van der Waals surface area contributed by atoms with Crippen LogP contribution in [-0.4, -0.2) is 56.3 Å². The second-order valence-corrected chi connectivity index (χ2v) is 13.2. The van der Waals surface area contributed by atoms with Gasteiger partial charge in [-0.25, -0.2) is 9.78 Å². The fourth-order valence-corrected chi connectivity index (χ4v) is 7.26. The van der Waals surface area contributed by atoms with Crippen molar-refractivity contribution in [3.8, 4) is 11.8 Å². The van der Waals surface area contributed by atoms with E-state index in [1.807, 2.05) is 25.7 Å². The van der Waals surface area contributed by atoms with Crippen LogP contribution in [0.15, 0.2) is 36.5 Å². The molecule has 4 heterocycles. The second kappa shape index (κ2) is 10.6. The van der Waals surface area contributed by atoms with Crippen LogP contribution >= 0.6 is 12.2 Å². The van der Waals surface area contributed by atoms with E-state index in [2.05, 4.69) is 4.98 Å². The molecule has 1 spiro atoms. The number of hydrogen-bond donors (Lipinski definition) is 0. The molecule has 3 aliphatic heterocycles. The zero-order chi connectivity index (χ0) is 31.6. The molecule has 1 aromatic heterocycles. The van der Waals surface area contributed by atoms with Gasteiger partial charge in [0.25, 0.3) is 5.91 Å². The van der Waals surface area contributed by atoms with Crippen molar-refractivity contribution in [2.45, 2.75) is 101 Å². The van der Waals surface area contributed by atoms with Crippen LogP contribution in [0.1, 0.15) is 77.0 Å². The van der Waals surface area contributed by atoms with Crippen LogP contribution in [0, 0.1) is 11.3 Å². The minimum absolute atomic E-state index is 0.0501. The van der Waals surface area contributed by atoms with Gasteiger partial charge in [-0.1, -0.05) is 0 Å². The predicted octanol–water partition coefficient (Wildman–Crippen LogP) is 6.34. The fourth-order valence-electron chi connectivity index (χ4n) is 6.79. The van der Waals surface area contributed by atoms with Gasteiger partial charge in [0, 0.05) is 30.6 Å². The Kier molecular flexibility index (Phi) is 7.26. The predicted molar refractivity (Wildman–Crippen MR) is 158 cm³/mol. The number of halogens is 3. The fraction of sp³-hybridized carbons (Fsp3) is 0.516. The van der Waals surface area contributed by atoms with Gasteiger partial charge in [0.1, 0.15) is 29.1 Å². The van der Waals surface area contributed by atoms with Crippen molar-refractivity contribution >= 4 is 40.7 Å². The number of piperidine rings is 1. The summed E-state index contributed by atoms with van der Waals surface area (Å²) in [5, 5.41) is 9.18. The van der Waals surface area contributed by atoms with Crippen molar-refractivity contribution in [3.05, 3.63) is 47.8 Å². The second-order valence-electron chi connectivity index (χ2n) is 12.8. The summed E-state index contributed by atoms with van der Waals surface area (Å²) in [7, 11) is 0. The highest BCUT2D eigenvalue weighted by molar-refractivity contribution is 7.81. The van der Waals surface area contributed by atoms with Crippen LogP contribution in [-0.2, 0) is 15.7 Å². The molecule has 2 unspecified atom stereocenters. The number of ether oxygens (including phenoxy) is 2. The summed E-state index contributed by atoms with van der Waals surface area (Å²) in [6, 6.07) is 9.50. The number of fused-ring (bicyclic) bond motifs is 2. The van der Waals surface area contributed by atoms with Crippen LogP contribution in [0.25, 0.3) is 0 Å². The average molecular weight is 628 g/mol. The molecule has 2 amide bonds. The summed E-state index contributed by atoms with van der Waals surface area (Å²) in [5.41, 5.74) is -3.06. The number of rotatable bonds is 4. The first kappa shape index (κ1) is 30.1. The van der Waals surface area contributed by atoms with E-state index in [9.17, 15) is 22.8 Å². The number of nitrogens with zero attached hydrogens (tertiary/aromatic N) is 5. The van der Waals surface area contributed by atoms with Gasteiger partial charge in [-0.3, -0.25) is 9.69 Å². The molecule has 3 saturated heterocycles. The zero-order valence-corrected chi connectivity index (χ0v) is 25.4. The number of amides is 2. The Morgan fingerprint density at radius 1 is 1.09 bits per heavy atom. The van der Waals surface area contributed by atoms with Crippen LogP contribution < -0.4 is 14.5 Å². The molecule has 2 bridgehead atoms. The number of anilines is 2. The molecular weight excluding hydrogens is 595 g/mol. The lowest BCUT2D eigenvalue weighted by Gasteiger charge is -2.43. The van der Waals surface area contributed by atoms with Crippen molar-refractivity contribution in [1.82, 2.24) is 9.88 Å².